The fourth-order valence-electron chi connectivity index (χ4n) is 1.69. The van der Waals surface area contributed by atoms with Crippen LogP contribution in [-0.2, 0) is 0 Å². The van der Waals surface area contributed by atoms with E-state index < -0.39 is 5.63 Å². The quantitative estimate of drug-likeness (QED) is 0.787. The van der Waals surface area contributed by atoms with Gasteiger partial charge >= 0.3 is 5.63 Å². The summed E-state index contributed by atoms with van der Waals surface area (Å²) < 4.78 is 5.15. The van der Waals surface area contributed by atoms with Gasteiger partial charge in [0.05, 0.1) is 0 Å². The molecule has 2 N–H and O–H groups in total. The molecule has 0 aliphatic heterocycles. The second-order valence-corrected chi connectivity index (χ2v) is 4.10. The largest absolute Gasteiger partial charge is 0.421 e. The van der Waals surface area contributed by atoms with Crippen molar-refractivity contribution in [1.82, 2.24) is 0 Å². The van der Waals surface area contributed by atoms with Gasteiger partial charge in [0.15, 0.2) is 0 Å². The highest BCUT2D eigenvalue weighted by atomic mass is 16.4. The summed E-state index contributed by atoms with van der Waals surface area (Å²) in [6, 6.07) is 7.57. The van der Waals surface area contributed by atoms with Crippen LogP contribution in [0.25, 0.3) is 11.0 Å². The monoisotopic (exact) mass is 217 g/mol. The SMILES string of the molecule is CCC(C)c1ccc2cc(N)c(=O)oc2c1. The van der Waals surface area contributed by atoms with Crippen LogP contribution < -0.4 is 11.4 Å². The molecule has 16 heavy (non-hydrogen) atoms. The van der Waals surface area contributed by atoms with E-state index in [0.717, 1.165) is 11.8 Å². The molecule has 0 bridgehead atoms. The van der Waals surface area contributed by atoms with Crippen molar-refractivity contribution >= 4 is 16.7 Å². The van der Waals surface area contributed by atoms with E-state index in [0.29, 0.717) is 11.5 Å². The molecule has 1 aromatic heterocycles. The molecule has 0 radical (unpaired) electrons. The van der Waals surface area contributed by atoms with Gasteiger partial charge in [0.2, 0.25) is 0 Å². The first kappa shape index (κ1) is 10.7. The van der Waals surface area contributed by atoms with Gasteiger partial charge in [-0.1, -0.05) is 26.0 Å². The van der Waals surface area contributed by atoms with Gasteiger partial charge in [0.1, 0.15) is 11.3 Å². The van der Waals surface area contributed by atoms with E-state index in [2.05, 4.69) is 19.9 Å². The van der Waals surface area contributed by atoms with Gasteiger partial charge < -0.3 is 10.2 Å². The highest BCUT2D eigenvalue weighted by Crippen LogP contribution is 2.23. The maximum absolute atomic E-state index is 11.3. The number of fused-ring (bicyclic) bond motifs is 1. The van der Waals surface area contributed by atoms with Crippen LogP contribution in [0.1, 0.15) is 31.7 Å². The molecule has 2 rings (SSSR count). The Bertz CT molecular complexity index is 572. The minimum atomic E-state index is -0.464. The average Bonchev–Trinajstić information content (AvgIpc) is 2.29. The van der Waals surface area contributed by atoms with E-state index in [-0.39, 0.29) is 5.69 Å². The van der Waals surface area contributed by atoms with Crippen LogP contribution >= 0.6 is 0 Å². The van der Waals surface area contributed by atoms with Crippen molar-refractivity contribution in [3.05, 3.63) is 40.2 Å². The molecule has 0 amide bonds. The Morgan fingerprint density at radius 3 is 2.81 bits per heavy atom. The summed E-state index contributed by atoms with van der Waals surface area (Å²) in [6.07, 6.45) is 1.06. The summed E-state index contributed by atoms with van der Waals surface area (Å²) in [5.74, 6) is 0.465. The van der Waals surface area contributed by atoms with E-state index in [4.69, 9.17) is 10.2 Å². The second-order valence-electron chi connectivity index (χ2n) is 4.10. The molecule has 3 heteroatoms. The number of rotatable bonds is 2. The topological polar surface area (TPSA) is 56.2 Å². The van der Waals surface area contributed by atoms with Crippen molar-refractivity contribution in [3.63, 3.8) is 0 Å². The molecule has 3 nitrogen and oxygen atoms in total. The zero-order valence-corrected chi connectivity index (χ0v) is 9.49. The third-order valence-corrected chi connectivity index (χ3v) is 2.97. The molecule has 2 aromatic rings. The number of hydrogen-bond donors (Lipinski definition) is 1. The van der Waals surface area contributed by atoms with Crippen LogP contribution in [0.4, 0.5) is 5.69 Å². The summed E-state index contributed by atoms with van der Waals surface area (Å²) in [6.45, 7) is 4.28. The van der Waals surface area contributed by atoms with Crippen molar-refractivity contribution in [2.45, 2.75) is 26.2 Å². The molecule has 0 spiro atoms. The molecular formula is C13H15NO2. The number of benzene rings is 1. The molecule has 0 aliphatic carbocycles. The molecule has 84 valence electrons. The number of nitrogens with two attached hydrogens (primary N) is 1. The predicted octanol–water partition coefficient (Wildman–Crippen LogP) is 2.89. The highest BCUT2D eigenvalue weighted by Gasteiger charge is 2.06. The van der Waals surface area contributed by atoms with Gasteiger partial charge in [-0.25, -0.2) is 4.79 Å². The van der Waals surface area contributed by atoms with Crippen LogP contribution in [0.15, 0.2) is 33.5 Å². The van der Waals surface area contributed by atoms with Gasteiger partial charge in [-0.15, -0.1) is 0 Å². The zero-order valence-electron chi connectivity index (χ0n) is 9.49. The van der Waals surface area contributed by atoms with Crippen molar-refractivity contribution in [3.8, 4) is 0 Å². The Balaban J connectivity index is 2.62. The highest BCUT2D eigenvalue weighted by molar-refractivity contribution is 5.79. The minimum absolute atomic E-state index is 0.156. The summed E-state index contributed by atoms with van der Waals surface area (Å²) >= 11 is 0. The first-order valence-electron chi connectivity index (χ1n) is 5.45. The van der Waals surface area contributed by atoms with Gasteiger partial charge in [-0.3, -0.25) is 0 Å². The Morgan fingerprint density at radius 1 is 1.38 bits per heavy atom. The average molecular weight is 217 g/mol. The van der Waals surface area contributed by atoms with Gasteiger partial charge in [0.25, 0.3) is 0 Å². The van der Waals surface area contributed by atoms with E-state index in [1.165, 1.54) is 5.56 Å². The van der Waals surface area contributed by atoms with E-state index in [9.17, 15) is 4.79 Å². The van der Waals surface area contributed by atoms with Gasteiger partial charge in [-0.05, 0) is 30.0 Å². The van der Waals surface area contributed by atoms with Crippen LogP contribution in [0.3, 0.4) is 0 Å². The fraction of sp³-hybridized carbons (Fsp3) is 0.308. The summed E-state index contributed by atoms with van der Waals surface area (Å²) in [4.78, 5) is 11.3. The molecule has 0 fully saturated rings. The summed E-state index contributed by atoms with van der Waals surface area (Å²) in [5, 5.41) is 0.865. The van der Waals surface area contributed by atoms with Gasteiger partial charge in [-0.2, -0.15) is 0 Å². The maximum atomic E-state index is 11.3. The van der Waals surface area contributed by atoms with Crippen LogP contribution in [0, 0.1) is 0 Å². The van der Waals surface area contributed by atoms with Crippen LogP contribution in [-0.4, -0.2) is 0 Å². The lowest BCUT2D eigenvalue weighted by molar-refractivity contribution is 0.563. The maximum Gasteiger partial charge on any atom is 0.359 e. The molecule has 0 saturated carbocycles. The Kier molecular flexibility index (Phi) is 2.69. The summed E-state index contributed by atoms with van der Waals surface area (Å²) in [7, 11) is 0. The molecule has 0 aliphatic rings. The van der Waals surface area contributed by atoms with Crippen LogP contribution in [0.2, 0.25) is 0 Å². The lowest BCUT2D eigenvalue weighted by Gasteiger charge is -2.09. The lowest BCUT2D eigenvalue weighted by atomic mass is 9.98. The van der Waals surface area contributed by atoms with E-state index in [1.54, 1.807) is 6.07 Å². The molecule has 1 heterocycles. The van der Waals surface area contributed by atoms with Crippen molar-refractivity contribution in [2.24, 2.45) is 0 Å². The Morgan fingerprint density at radius 2 is 2.12 bits per heavy atom. The predicted molar refractivity (Wildman–Crippen MR) is 65.6 cm³/mol. The van der Waals surface area contributed by atoms with E-state index in [1.807, 2.05) is 12.1 Å². The van der Waals surface area contributed by atoms with Crippen LogP contribution in [0.5, 0.6) is 0 Å². The third-order valence-electron chi connectivity index (χ3n) is 2.97. The van der Waals surface area contributed by atoms with Gasteiger partial charge in [0, 0.05) is 5.39 Å². The zero-order chi connectivity index (χ0) is 11.7. The number of hydrogen-bond acceptors (Lipinski definition) is 3. The molecule has 1 atom stereocenters. The first-order valence-corrected chi connectivity index (χ1v) is 5.45. The molecule has 1 unspecified atom stereocenters. The van der Waals surface area contributed by atoms with Crippen molar-refractivity contribution < 1.29 is 4.42 Å². The van der Waals surface area contributed by atoms with E-state index >= 15 is 0 Å². The number of nitrogen functional groups attached to an aromatic ring is 1. The number of anilines is 1. The smallest absolute Gasteiger partial charge is 0.359 e. The lowest BCUT2D eigenvalue weighted by Crippen LogP contribution is -2.05. The molecule has 0 saturated heterocycles. The van der Waals surface area contributed by atoms with Crippen molar-refractivity contribution in [2.75, 3.05) is 5.73 Å². The minimum Gasteiger partial charge on any atom is -0.421 e. The molecular weight excluding hydrogens is 202 g/mol. The fourth-order valence-corrected chi connectivity index (χ4v) is 1.69. The summed E-state index contributed by atoms with van der Waals surface area (Å²) in [5.41, 5.74) is 6.99. The normalized spacial score (nSPS) is 12.9. The Hall–Kier alpha value is -1.77. The van der Waals surface area contributed by atoms with Crippen molar-refractivity contribution in [1.29, 1.82) is 0 Å². The third kappa shape index (κ3) is 1.81. The first-order chi connectivity index (χ1) is 7.61. The standard InChI is InChI=1S/C13H15NO2/c1-3-8(2)9-4-5-10-6-11(14)13(15)16-12(10)7-9/h4-8H,3,14H2,1-2H3. The Labute approximate surface area is 93.9 Å². The second kappa shape index (κ2) is 4.00. The molecule has 1 aromatic carbocycles.